The number of aryl methyl sites for hydroxylation is 1. The number of nitrogens with zero attached hydrogens (tertiary/aromatic N) is 2. The summed E-state index contributed by atoms with van der Waals surface area (Å²) in [5, 5.41) is 5.50. The first-order valence-corrected chi connectivity index (χ1v) is 7.47. The van der Waals surface area contributed by atoms with Gasteiger partial charge in [0.2, 0.25) is 0 Å². The van der Waals surface area contributed by atoms with Crippen molar-refractivity contribution in [2.24, 2.45) is 5.84 Å². The minimum absolute atomic E-state index is 0.248. The molecule has 5 nitrogen and oxygen atoms in total. The maximum Gasteiger partial charge on any atom is 0.119 e. The zero-order valence-corrected chi connectivity index (χ0v) is 13.2. The average Bonchev–Trinajstić information content (AvgIpc) is 2.84. The molecule has 1 aromatic heterocycles. The number of hydrogen-bond acceptors (Lipinski definition) is 4. The molecule has 3 N–H and O–H groups in total. The molecule has 1 heterocycles. The van der Waals surface area contributed by atoms with Crippen molar-refractivity contribution in [3.05, 3.63) is 46.2 Å². The first-order chi connectivity index (χ1) is 10.2. The maximum absolute atomic E-state index is 6.20. The number of hydrogen-bond donors (Lipinski definition) is 2. The van der Waals surface area contributed by atoms with Gasteiger partial charge >= 0.3 is 0 Å². The highest BCUT2D eigenvalue weighted by Crippen LogP contribution is 2.24. The molecule has 0 aliphatic heterocycles. The van der Waals surface area contributed by atoms with Gasteiger partial charge in [-0.3, -0.25) is 10.5 Å². The Morgan fingerprint density at radius 3 is 2.67 bits per heavy atom. The van der Waals surface area contributed by atoms with Crippen molar-refractivity contribution in [1.29, 1.82) is 0 Å². The predicted octanol–water partition coefficient (Wildman–Crippen LogP) is 3.18. The third-order valence-corrected chi connectivity index (χ3v) is 3.57. The number of nitrogens with one attached hydrogen (secondary N) is 1. The van der Waals surface area contributed by atoms with Gasteiger partial charge in [-0.15, -0.1) is 0 Å². The van der Waals surface area contributed by atoms with E-state index in [9.17, 15) is 0 Å². The van der Waals surface area contributed by atoms with Crippen molar-refractivity contribution in [2.75, 3.05) is 6.61 Å². The summed E-state index contributed by atoms with van der Waals surface area (Å²) >= 11 is 12.0. The Labute approximate surface area is 134 Å². The fraction of sp³-hybridized carbons (Fsp3) is 0.357. The highest BCUT2D eigenvalue weighted by atomic mass is 35.5. The van der Waals surface area contributed by atoms with E-state index in [0.717, 1.165) is 24.4 Å². The molecule has 0 radical (unpaired) electrons. The molecule has 1 unspecified atom stereocenters. The van der Waals surface area contributed by atoms with Gasteiger partial charge in [0.05, 0.1) is 23.0 Å². The molecule has 1 aromatic carbocycles. The van der Waals surface area contributed by atoms with E-state index in [1.165, 1.54) is 0 Å². The average molecular weight is 329 g/mol. The summed E-state index contributed by atoms with van der Waals surface area (Å²) in [7, 11) is 0. The van der Waals surface area contributed by atoms with Crippen molar-refractivity contribution >= 4 is 23.2 Å². The van der Waals surface area contributed by atoms with E-state index in [4.69, 9.17) is 33.8 Å². The minimum Gasteiger partial charge on any atom is -0.491 e. The third kappa shape index (κ3) is 4.11. The number of nitrogens with two attached hydrogens (primary N) is 1. The number of benzene rings is 1. The standard InChI is InChI=1S/C14H18Cl2N4O/c1-2-7-20-14(12(16)8-18-20)13(19-17)9-21-11-5-3-10(15)4-6-11/h3-6,8,13,19H,2,7,9,17H2,1H3. The van der Waals surface area contributed by atoms with Crippen LogP contribution in [0.15, 0.2) is 30.5 Å². The van der Waals surface area contributed by atoms with E-state index in [1.807, 2.05) is 4.68 Å². The van der Waals surface area contributed by atoms with Crippen LogP contribution in [0.5, 0.6) is 5.75 Å². The Bertz CT molecular complexity index is 571. The first-order valence-electron chi connectivity index (χ1n) is 6.71. The number of halogens is 2. The SMILES string of the molecule is CCCn1ncc(Cl)c1C(COc1ccc(Cl)cc1)NN. The summed E-state index contributed by atoms with van der Waals surface area (Å²) < 4.78 is 7.57. The normalized spacial score (nSPS) is 12.4. The quantitative estimate of drug-likeness (QED) is 0.605. The zero-order chi connectivity index (χ0) is 15.2. The molecule has 0 bridgehead atoms. The van der Waals surface area contributed by atoms with E-state index < -0.39 is 0 Å². The lowest BCUT2D eigenvalue weighted by atomic mass is 10.2. The molecule has 2 aromatic rings. The van der Waals surface area contributed by atoms with Crippen LogP contribution in [0.3, 0.4) is 0 Å². The van der Waals surface area contributed by atoms with Crippen LogP contribution in [0, 0.1) is 0 Å². The molecule has 0 aliphatic rings. The monoisotopic (exact) mass is 328 g/mol. The fourth-order valence-electron chi connectivity index (χ4n) is 2.02. The highest BCUT2D eigenvalue weighted by molar-refractivity contribution is 6.31. The van der Waals surface area contributed by atoms with E-state index in [0.29, 0.717) is 16.7 Å². The van der Waals surface area contributed by atoms with E-state index in [1.54, 1.807) is 30.5 Å². The Hall–Kier alpha value is -1.27. The van der Waals surface area contributed by atoms with Crippen LogP contribution in [0.2, 0.25) is 10.0 Å². The molecule has 2 rings (SSSR count). The second-order valence-corrected chi connectivity index (χ2v) is 5.43. The first kappa shape index (κ1) is 16.1. The van der Waals surface area contributed by atoms with Crippen LogP contribution in [0.4, 0.5) is 0 Å². The topological polar surface area (TPSA) is 65.1 Å². The van der Waals surface area contributed by atoms with Gasteiger partial charge < -0.3 is 4.74 Å². The van der Waals surface area contributed by atoms with Crippen molar-refractivity contribution in [2.45, 2.75) is 25.9 Å². The summed E-state index contributed by atoms with van der Waals surface area (Å²) in [5.74, 6) is 6.36. The van der Waals surface area contributed by atoms with Gasteiger partial charge in [-0.05, 0) is 30.7 Å². The van der Waals surface area contributed by atoms with E-state index >= 15 is 0 Å². The summed E-state index contributed by atoms with van der Waals surface area (Å²) in [4.78, 5) is 0. The molecule has 0 saturated heterocycles. The molecule has 21 heavy (non-hydrogen) atoms. The lowest BCUT2D eigenvalue weighted by molar-refractivity contribution is 0.259. The highest BCUT2D eigenvalue weighted by Gasteiger charge is 2.20. The van der Waals surface area contributed by atoms with Crippen molar-refractivity contribution in [1.82, 2.24) is 15.2 Å². The van der Waals surface area contributed by atoms with Gasteiger partial charge in [0.25, 0.3) is 0 Å². The lowest BCUT2D eigenvalue weighted by Crippen LogP contribution is -2.34. The Kier molecular flexibility index (Phi) is 5.87. The van der Waals surface area contributed by atoms with Crippen molar-refractivity contribution < 1.29 is 4.74 Å². The van der Waals surface area contributed by atoms with Gasteiger partial charge in [-0.1, -0.05) is 30.1 Å². The van der Waals surface area contributed by atoms with E-state index in [-0.39, 0.29) is 6.04 Å². The molecular formula is C14H18Cl2N4O. The van der Waals surface area contributed by atoms with Gasteiger partial charge in [0.15, 0.2) is 0 Å². The molecule has 7 heteroatoms. The van der Waals surface area contributed by atoms with Crippen LogP contribution < -0.4 is 16.0 Å². The zero-order valence-electron chi connectivity index (χ0n) is 11.7. The number of rotatable bonds is 7. The molecule has 0 aliphatic carbocycles. The van der Waals surface area contributed by atoms with Crippen molar-refractivity contribution in [3.8, 4) is 5.75 Å². The van der Waals surface area contributed by atoms with Crippen LogP contribution in [0.1, 0.15) is 25.1 Å². The van der Waals surface area contributed by atoms with E-state index in [2.05, 4.69) is 17.4 Å². The predicted molar refractivity (Wildman–Crippen MR) is 84.5 cm³/mol. The van der Waals surface area contributed by atoms with Crippen LogP contribution in [-0.4, -0.2) is 16.4 Å². The largest absolute Gasteiger partial charge is 0.491 e. The van der Waals surface area contributed by atoms with Crippen LogP contribution in [-0.2, 0) is 6.54 Å². The second-order valence-electron chi connectivity index (χ2n) is 4.59. The number of hydrazine groups is 1. The Balaban J connectivity index is 2.09. The maximum atomic E-state index is 6.20. The van der Waals surface area contributed by atoms with Crippen LogP contribution in [0.25, 0.3) is 0 Å². The van der Waals surface area contributed by atoms with Crippen molar-refractivity contribution in [3.63, 3.8) is 0 Å². The van der Waals surface area contributed by atoms with Gasteiger partial charge in [0, 0.05) is 11.6 Å². The summed E-state index contributed by atoms with van der Waals surface area (Å²) in [6.07, 6.45) is 2.58. The lowest BCUT2D eigenvalue weighted by Gasteiger charge is -2.19. The summed E-state index contributed by atoms with van der Waals surface area (Å²) in [6, 6.07) is 6.91. The molecule has 1 atom stereocenters. The van der Waals surface area contributed by atoms with Gasteiger partial charge in [-0.25, -0.2) is 5.43 Å². The minimum atomic E-state index is -0.248. The molecular weight excluding hydrogens is 311 g/mol. The van der Waals surface area contributed by atoms with Gasteiger partial charge in [0.1, 0.15) is 12.4 Å². The molecule has 0 amide bonds. The fourth-order valence-corrected chi connectivity index (χ4v) is 2.42. The van der Waals surface area contributed by atoms with Crippen LogP contribution >= 0.6 is 23.2 Å². The molecule has 114 valence electrons. The number of aromatic nitrogens is 2. The Morgan fingerprint density at radius 2 is 2.05 bits per heavy atom. The second kappa shape index (κ2) is 7.66. The van der Waals surface area contributed by atoms with Gasteiger partial charge in [-0.2, -0.15) is 5.10 Å². The molecule has 0 spiro atoms. The molecule has 0 fully saturated rings. The Morgan fingerprint density at radius 1 is 1.33 bits per heavy atom. The third-order valence-electron chi connectivity index (χ3n) is 3.03. The number of ether oxygens (including phenoxy) is 1. The molecule has 0 saturated carbocycles. The summed E-state index contributed by atoms with van der Waals surface area (Å²) in [5.41, 5.74) is 3.56. The smallest absolute Gasteiger partial charge is 0.119 e. The summed E-state index contributed by atoms with van der Waals surface area (Å²) in [6.45, 7) is 3.20.